The van der Waals surface area contributed by atoms with Gasteiger partial charge in [0, 0.05) is 29.4 Å². The van der Waals surface area contributed by atoms with Gasteiger partial charge in [-0.25, -0.2) is 0 Å². The average molecular weight is 462 g/mol. The van der Waals surface area contributed by atoms with Crippen molar-refractivity contribution >= 4 is 47.2 Å². The first kappa shape index (κ1) is 23.6. The summed E-state index contributed by atoms with van der Waals surface area (Å²) in [6, 6.07) is 5.16. The van der Waals surface area contributed by atoms with Crippen LogP contribution >= 0.6 is 12.6 Å². The van der Waals surface area contributed by atoms with E-state index in [1.807, 2.05) is 30.5 Å². The fourth-order valence-electron chi connectivity index (χ4n) is 3.89. The summed E-state index contributed by atoms with van der Waals surface area (Å²) >= 11 is 4.06. The molecule has 3 unspecified atom stereocenters. The third kappa shape index (κ3) is 5.40. The third-order valence-corrected chi connectivity index (χ3v) is 5.87. The van der Waals surface area contributed by atoms with Gasteiger partial charge in [-0.15, -0.1) is 0 Å². The molecule has 1 aliphatic rings. The molecule has 0 bridgehead atoms. The normalized spacial score (nSPS) is 17.7. The van der Waals surface area contributed by atoms with Crippen molar-refractivity contribution in [1.29, 1.82) is 0 Å². The number of aromatic nitrogens is 1. The van der Waals surface area contributed by atoms with Gasteiger partial charge in [-0.05, 0) is 30.9 Å². The minimum Gasteiger partial charge on any atom is -0.480 e. The molecule has 0 radical (unpaired) electrons. The Labute approximate surface area is 190 Å². The van der Waals surface area contributed by atoms with Crippen molar-refractivity contribution in [3.05, 3.63) is 36.0 Å². The van der Waals surface area contributed by atoms with Crippen LogP contribution in [0.15, 0.2) is 30.5 Å². The first-order valence-electron chi connectivity index (χ1n) is 10.3. The van der Waals surface area contributed by atoms with Gasteiger partial charge < -0.3 is 31.4 Å². The van der Waals surface area contributed by atoms with E-state index in [-0.39, 0.29) is 11.7 Å². The topological polar surface area (TPSA) is 158 Å². The number of carbonyl (C=O) groups is 4. The highest BCUT2D eigenvalue weighted by Crippen LogP contribution is 2.22. The maximum atomic E-state index is 13.0. The van der Waals surface area contributed by atoms with Crippen LogP contribution < -0.4 is 16.4 Å². The summed E-state index contributed by atoms with van der Waals surface area (Å²) in [4.78, 5) is 53.2. The van der Waals surface area contributed by atoms with E-state index >= 15 is 0 Å². The summed E-state index contributed by atoms with van der Waals surface area (Å²) in [6.07, 6.45) is 3.25. The summed E-state index contributed by atoms with van der Waals surface area (Å²) in [7, 11) is 0. The van der Waals surface area contributed by atoms with Crippen molar-refractivity contribution in [1.82, 2.24) is 20.5 Å². The number of nitrogens with two attached hydrogens (primary N) is 1. The summed E-state index contributed by atoms with van der Waals surface area (Å²) in [5.41, 5.74) is 8.10. The van der Waals surface area contributed by atoms with Crippen LogP contribution in [0, 0.1) is 0 Å². The Kier molecular flexibility index (Phi) is 7.75. The molecule has 1 saturated heterocycles. The molecule has 0 spiro atoms. The number of amides is 3. The van der Waals surface area contributed by atoms with Crippen LogP contribution in [-0.4, -0.2) is 75.6 Å². The molecule has 1 fully saturated rings. The van der Waals surface area contributed by atoms with E-state index in [0.29, 0.717) is 25.8 Å². The highest BCUT2D eigenvalue weighted by molar-refractivity contribution is 7.80. The Balaban J connectivity index is 1.63. The van der Waals surface area contributed by atoms with E-state index in [9.17, 15) is 19.2 Å². The molecule has 3 rings (SSSR count). The Morgan fingerprint density at radius 2 is 2.03 bits per heavy atom. The molecule has 3 amide bonds. The number of thiol groups is 1. The molecule has 1 aromatic heterocycles. The van der Waals surface area contributed by atoms with Gasteiger partial charge in [-0.3, -0.25) is 19.2 Å². The van der Waals surface area contributed by atoms with E-state index < -0.39 is 42.5 Å². The number of nitrogens with zero attached hydrogens (tertiary/aromatic N) is 1. The van der Waals surface area contributed by atoms with Gasteiger partial charge in [0.2, 0.25) is 17.7 Å². The molecular formula is C21H27N5O5S. The predicted octanol–water partition coefficient (Wildman–Crippen LogP) is -0.356. The van der Waals surface area contributed by atoms with Gasteiger partial charge in [0.25, 0.3) is 0 Å². The zero-order valence-corrected chi connectivity index (χ0v) is 18.3. The van der Waals surface area contributed by atoms with Gasteiger partial charge in [-0.2, -0.15) is 12.6 Å². The van der Waals surface area contributed by atoms with Crippen molar-refractivity contribution in [2.24, 2.45) is 5.73 Å². The summed E-state index contributed by atoms with van der Waals surface area (Å²) in [6.45, 7) is -0.162. The number of likely N-dealkylation sites (tertiary alicyclic amines) is 1. The van der Waals surface area contributed by atoms with Crippen LogP contribution in [0.2, 0.25) is 0 Å². The maximum absolute atomic E-state index is 13.0. The number of carbonyl (C=O) groups excluding carboxylic acids is 3. The lowest BCUT2D eigenvalue weighted by molar-refractivity contribution is -0.140. The number of fused-ring (bicyclic) bond motifs is 1. The Morgan fingerprint density at radius 3 is 2.75 bits per heavy atom. The third-order valence-electron chi connectivity index (χ3n) is 5.50. The predicted molar refractivity (Wildman–Crippen MR) is 121 cm³/mol. The van der Waals surface area contributed by atoms with Crippen molar-refractivity contribution in [2.45, 2.75) is 37.4 Å². The SMILES string of the molecule is NC(Cc1c[nH]c2ccccc12)C(=O)N1CCCC1C(=O)NC(CS)C(=O)NCC(=O)O. The lowest BCUT2D eigenvalue weighted by Crippen LogP contribution is -2.56. The monoisotopic (exact) mass is 461 g/mol. The molecule has 11 heteroatoms. The Bertz CT molecular complexity index is 1010. The van der Waals surface area contributed by atoms with E-state index in [2.05, 4.69) is 28.2 Å². The number of nitrogens with one attached hydrogen (secondary N) is 3. The first-order valence-corrected chi connectivity index (χ1v) is 11.0. The number of hydrogen-bond donors (Lipinski definition) is 6. The van der Waals surface area contributed by atoms with Crippen LogP contribution in [0.4, 0.5) is 0 Å². The fourth-order valence-corrected chi connectivity index (χ4v) is 4.15. The van der Waals surface area contributed by atoms with Gasteiger partial charge in [0.1, 0.15) is 18.6 Å². The van der Waals surface area contributed by atoms with Crippen LogP contribution in [0.1, 0.15) is 18.4 Å². The molecule has 1 aliphatic heterocycles. The quantitative estimate of drug-likeness (QED) is 0.280. The van der Waals surface area contributed by atoms with E-state index in [1.54, 1.807) is 0 Å². The first-order chi connectivity index (χ1) is 15.3. The lowest BCUT2D eigenvalue weighted by Gasteiger charge is -2.28. The maximum Gasteiger partial charge on any atom is 0.322 e. The largest absolute Gasteiger partial charge is 0.480 e. The minimum absolute atomic E-state index is 0.0159. The molecule has 10 nitrogen and oxygen atoms in total. The number of benzene rings is 1. The number of hydrogen-bond acceptors (Lipinski definition) is 6. The number of carboxylic acid groups (broad SMARTS) is 1. The number of para-hydroxylation sites is 1. The van der Waals surface area contributed by atoms with Crippen molar-refractivity contribution in [3.8, 4) is 0 Å². The Hall–Kier alpha value is -3.05. The number of rotatable bonds is 9. The van der Waals surface area contributed by atoms with Crippen LogP contribution in [0.3, 0.4) is 0 Å². The summed E-state index contributed by atoms with van der Waals surface area (Å²) in [5, 5.41) is 14.5. The van der Waals surface area contributed by atoms with Gasteiger partial charge >= 0.3 is 5.97 Å². The molecule has 2 heterocycles. The fraction of sp³-hybridized carbons (Fsp3) is 0.429. The smallest absolute Gasteiger partial charge is 0.322 e. The highest BCUT2D eigenvalue weighted by atomic mass is 32.1. The zero-order valence-electron chi connectivity index (χ0n) is 17.4. The highest BCUT2D eigenvalue weighted by Gasteiger charge is 2.37. The van der Waals surface area contributed by atoms with Crippen LogP contribution in [0.25, 0.3) is 10.9 Å². The number of H-pyrrole nitrogens is 1. The second-order valence-electron chi connectivity index (χ2n) is 7.72. The van der Waals surface area contributed by atoms with E-state index in [1.165, 1.54) is 4.90 Å². The van der Waals surface area contributed by atoms with E-state index in [0.717, 1.165) is 16.5 Å². The van der Waals surface area contributed by atoms with Crippen molar-refractivity contribution in [3.63, 3.8) is 0 Å². The minimum atomic E-state index is -1.20. The zero-order chi connectivity index (χ0) is 23.3. The van der Waals surface area contributed by atoms with Gasteiger partial charge in [0.05, 0.1) is 6.04 Å². The van der Waals surface area contributed by atoms with Gasteiger partial charge in [-0.1, -0.05) is 18.2 Å². The summed E-state index contributed by atoms with van der Waals surface area (Å²) in [5.74, 6) is -2.68. The molecule has 0 saturated carbocycles. The number of carboxylic acids is 1. The molecule has 172 valence electrons. The van der Waals surface area contributed by atoms with Crippen LogP contribution in [-0.2, 0) is 25.6 Å². The molecule has 1 aromatic carbocycles. The summed E-state index contributed by atoms with van der Waals surface area (Å²) < 4.78 is 0. The van der Waals surface area contributed by atoms with Crippen LogP contribution in [0.5, 0.6) is 0 Å². The number of aliphatic carboxylic acids is 1. The molecule has 0 aliphatic carbocycles. The van der Waals surface area contributed by atoms with Crippen molar-refractivity contribution < 1.29 is 24.3 Å². The van der Waals surface area contributed by atoms with E-state index in [4.69, 9.17) is 10.8 Å². The molecule has 3 atom stereocenters. The molecule has 32 heavy (non-hydrogen) atoms. The van der Waals surface area contributed by atoms with Gasteiger partial charge in [0.15, 0.2) is 0 Å². The standard InChI is InChI=1S/C21H27N5O5S/c22-14(8-12-9-23-15-5-2-1-4-13(12)15)21(31)26-7-3-6-17(26)20(30)25-16(11-32)19(29)24-10-18(27)28/h1-2,4-5,9,14,16-17,23,32H,3,6-8,10-11,22H2,(H,24,29)(H,25,30)(H,27,28). The average Bonchev–Trinajstić information content (AvgIpc) is 3.43. The Morgan fingerprint density at radius 1 is 1.28 bits per heavy atom. The number of aromatic amines is 1. The molecule has 6 N–H and O–H groups in total. The second-order valence-corrected chi connectivity index (χ2v) is 8.08. The molecule has 2 aromatic rings. The molecular weight excluding hydrogens is 434 g/mol. The van der Waals surface area contributed by atoms with Crippen molar-refractivity contribution in [2.75, 3.05) is 18.8 Å². The second kappa shape index (κ2) is 10.5. The lowest BCUT2D eigenvalue weighted by atomic mass is 10.0.